The average molecular weight is 399 g/mol. The van der Waals surface area contributed by atoms with Crippen LogP contribution in [0.25, 0.3) is 0 Å². The Balaban J connectivity index is 1.58. The largest absolute Gasteiger partial charge is 0.492 e. The first-order valence-electron chi connectivity index (χ1n) is 9.30. The number of ether oxygens (including phenoxy) is 2. The van der Waals surface area contributed by atoms with E-state index in [0.29, 0.717) is 32.3 Å². The summed E-state index contributed by atoms with van der Waals surface area (Å²) in [5.74, 6) is 1.32. The fourth-order valence-corrected chi connectivity index (χ4v) is 3.59. The van der Waals surface area contributed by atoms with Crippen LogP contribution in [0, 0.1) is 0 Å². The van der Waals surface area contributed by atoms with Gasteiger partial charge >= 0.3 is 0 Å². The topological polar surface area (TPSA) is 101 Å². The van der Waals surface area contributed by atoms with Gasteiger partial charge in [0.1, 0.15) is 12.4 Å². The molecule has 2 rings (SSSR count). The molecule has 0 amide bonds. The molecule has 1 heterocycles. The summed E-state index contributed by atoms with van der Waals surface area (Å²) in [6.07, 6.45) is 3.03. The molecule has 1 aliphatic heterocycles. The molecule has 3 N–H and O–H groups in total. The average Bonchev–Trinajstić information content (AvgIpc) is 2.70. The normalized spacial score (nSPS) is 18.1. The zero-order chi connectivity index (χ0) is 19.4. The second-order valence-electron chi connectivity index (χ2n) is 6.24. The number of sulfonamides is 1. The highest BCUT2D eigenvalue weighted by Gasteiger charge is 2.17. The second-order valence-corrected chi connectivity index (χ2v) is 8.17. The number of guanidine groups is 1. The molecule has 0 aromatic heterocycles. The van der Waals surface area contributed by atoms with Crippen molar-refractivity contribution in [1.29, 1.82) is 0 Å². The van der Waals surface area contributed by atoms with Crippen LogP contribution < -0.4 is 20.1 Å². The van der Waals surface area contributed by atoms with E-state index in [2.05, 4.69) is 20.3 Å². The lowest BCUT2D eigenvalue weighted by Crippen LogP contribution is -2.43. The third kappa shape index (κ3) is 9.07. The Morgan fingerprint density at radius 1 is 1.22 bits per heavy atom. The molecule has 0 spiro atoms. The van der Waals surface area contributed by atoms with E-state index in [1.54, 1.807) is 7.05 Å². The zero-order valence-corrected chi connectivity index (χ0v) is 16.6. The number of nitrogens with one attached hydrogen (secondary N) is 3. The maximum absolute atomic E-state index is 12.1. The van der Waals surface area contributed by atoms with Crippen molar-refractivity contribution in [3.8, 4) is 5.75 Å². The van der Waals surface area contributed by atoms with E-state index in [0.717, 1.165) is 25.0 Å². The van der Waals surface area contributed by atoms with Gasteiger partial charge in [-0.25, -0.2) is 13.1 Å². The fraction of sp³-hybridized carbons (Fsp3) is 0.611. The van der Waals surface area contributed by atoms with E-state index in [1.165, 1.54) is 0 Å². The molecule has 9 heteroatoms. The van der Waals surface area contributed by atoms with Crippen LogP contribution in [0.4, 0.5) is 0 Å². The summed E-state index contributed by atoms with van der Waals surface area (Å²) >= 11 is 0. The molecule has 1 aliphatic rings. The number of nitrogens with zero attached hydrogens (tertiary/aromatic N) is 1. The maximum atomic E-state index is 12.1. The van der Waals surface area contributed by atoms with Crippen molar-refractivity contribution in [2.45, 2.75) is 25.4 Å². The first-order chi connectivity index (χ1) is 13.1. The van der Waals surface area contributed by atoms with E-state index in [-0.39, 0.29) is 18.4 Å². The minimum absolute atomic E-state index is 0.0134. The third-order valence-electron chi connectivity index (χ3n) is 4.10. The molecular formula is C18H30N4O4S. The molecule has 8 nitrogen and oxygen atoms in total. The van der Waals surface area contributed by atoms with Crippen LogP contribution in [0.15, 0.2) is 35.3 Å². The number of benzene rings is 1. The minimum Gasteiger partial charge on any atom is -0.492 e. The molecule has 1 aromatic carbocycles. The number of para-hydroxylation sites is 1. The van der Waals surface area contributed by atoms with Gasteiger partial charge in [0, 0.05) is 26.7 Å². The van der Waals surface area contributed by atoms with Gasteiger partial charge in [0.05, 0.1) is 18.4 Å². The Hall–Kier alpha value is -1.84. The Bertz CT molecular complexity index is 661. The van der Waals surface area contributed by atoms with Crippen LogP contribution in [0.3, 0.4) is 0 Å². The third-order valence-corrected chi connectivity index (χ3v) is 5.45. The minimum atomic E-state index is -3.35. The van der Waals surface area contributed by atoms with E-state index in [4.69, 9.17) is 9.47 Å². The van der Waals surface area contributed by atoms with Gasteiger partial charge in [-0.1, -0.05) is 18.2 Å². The quantitative estimate of drug-likeness (QED) is 0.305. The predicted octanol–water partition coefficient (Wildman–Crippen LogP) is 0.719. The smallest absolute Gasteiger partial charge is 0.213 e. The Morgan fingerprint density at radius 3 is 2.70 bits per heavy atom. The lowest BCUT2D eigenvalue weighted by atomic mass is 10.1. The molecule has 0 radical (unpaired) electrons. The van der Waals surface area contributed by atoms with Crippen LogP contribution in [0.2, 0.25) is 0 Å². The highest BCUT2D eigenvalue weighted by Crippen LogP contribution is 2.11. The summed E-state index contributed by atoms with van der Waals surface area (Å²) in [5, 5.41) is 6.08. The highest BCUT2D eigenvalue weighted by molar-refractivity contribution is 7.89. The summed E-state index contributed by atoms with van der Waals surface area (Å²) in [5.41, 5.74) is 0. The van der Waals surface area contributed by atoms with Gasteiger partial charge in [0.2, 0.25) is 10.0 Å². The van der Waals surface area contributed by atoms with Crippen LogP contribution in [-0.4, -0.2) is 66.1 Å². The van der Waals surface area contributed by atoms with Crippen LogP contribution in [0.5, 0.6) is 5.75 Å². The predicted molar refractivity (Wildman–Crippen MR) is 107 cm³/mol. The molecule has 1 aromatic rings. The zero-order valence-electron chi connectivity index (χ0n) is 15.8. The first kappa shape index (κ1) is 21.5. The van der Waals surface area contributed by atoms with Crippen molar-refractivity contribution < 1.29 is 17.9 Å². The molecule has 0 aliphatic carbocycles. The van der Waals surface area contributed by atoms with Crippen molar-refractivity contribution in [1.82, 2.24) is 15.4 Å². The summed E-state index contributed by atoms with van der Waals surface area (Å²) in [6, 6.07) is 9.55. The Labute approximate surface area is 161 Å². The lowest BCUT2D eigenvalue weighted by Gasteiger charge is -2.22. The molecule has 27 heavy (non-hydrogen) atoms. The van der Waals surface area contributed by atoms with Crippen molar-refractivity contribution in [3.63, 3.8) is 0 Å². The van der Waals surface area contributed by atoms with Gasteiger partial charge in [0.15, 0.2) is 5.96 Å². The van der Waals surface area contributed by atoms with Crippen LogP contribution >= 0.6 is 0 Å². The maximum Gasteiger partial charge on any atom is 0.213 e. The van der Waals surface area contributed by atoms with Gasteiger partial charge in [0.25, 0.3) is 0 Å². The number of rotatable bonds is 10. The van der Waals surface area contributed by atoms with E-state index in [9.17, 15) is 8.42 Å². The van der Waals surface area contributed by atoms with E-state index in [1.807, 2.05) is 30.3 Å². The SMILES string of the molecule is CN=C(NCCOc1ccccc1)NCCS(=O)(=O)NCC1CCCCO1. The van der Waals surface area contributed by atoms with Crippen LogP contribution in [0.1, 0.15) is 19.3 Å². The summed E-state index contributed by atoms with van der Waals surface area (Å²) in [7, 11) is -1.71. The van der Waals surface area contributed by atoms with Crippen molar-refractivity contribution >= 4 is 16.0 Å². The molecule has 1 fully saturated rings. The van der Waals surface area contributed by atoms with Gasteiger partial charge in [-0.2, -0.15) is 0 Å². The Kier molecular flexibility index (Phi) is 9.37. The van der Waals surface area contributed by atoms with Gasteiger partial charge in [-0.15, -0.1) is 0 Å². The molecule has 1 unspecified atom stereocenters. The highest BCUT2D eigenvalue weighted by atomic mass is 32.2. The van der Waals surface area contributed by atoms with E-state index >= 15 is 0 Å². The van der Waals surface area contributed by atoms with Crippen molar-refractivity contribution in [3.05, 3.63) is 30.3 Å². The standard InChI is InChI=1S/C18H30N4O4S/c1-19-18(20-10-13-26-16-7-3-2-4-8-16)21-11-14-27(23,24)22-15-17-9-5-6-12-25-17/h2-4,7-8,17,22H,5-6,9-15H2,1H3,(H2,19,20,21). The number of hydrogen-bond donors (Lipinski definition) is 3. The fourth-order valence-electron chi connectivity index (χ4n) is 2.64. The summed E-state index contributed by atoms with van der Waals surface area (Å²) < 4.78 is 37.9. The Morgan fingerprint density at radius 2 is 2.00 bits per heavy atom. The molecule has 1 atom stereocenters. The molecule has 0 bridgehead atoms. The molecule has 152 valence electrons. The van der Waals surface area contributed by atoms with Gasteiger partial charge in [-0.05, 0) is 31.4 Å². The van der Waals surface area contributed by atoms with Crippen molar-refractivity contribution in [2.24, 2.45) is 4.99 Å². The molecular weight excluding hydrogens is 368 g/mol. The summed E-state index contributed by atoms with van der Waals surface area (Å²) in [6.45, 7) is 2.35. The van der Waals surface area contributed by atoms with Gasteiger partial charge < -0.3 is 20.1 Å². The lowest BCUT2D eigenvalue weighted by molar-refractivity contribution is 0.0200. The van der Waals surface area contributed by atoms with Crippen molar-refractivity contribution in [2.75, 3.05) is 45.6 Å². The molecule has 1 saturated heterocycles. The summed E-state index contributed by atoms with van der Waals surface area (Å²) in [4.78, 5) is 4.08. The van der Waals surface area contributed by atoms with Gasteiger partial charge in [-0.3, -0.25) is 4.99 Å². The second kappa shape index (κ2) is 11.8. The van der Waals surface area contributed by atoms with Crippen LogP contribution in [-0.2, 0) is 14.8 Å². The molecule has 0 saturated carbocycles. The monoisotopic (exact) mass is 398 g/mol. The number of hydrogen-bond acceptors (Lipinski definition) is 5. The first-order valence-corrected chi connectivity index (χ1v) is 11.0. The number of aliphatic imine (C=N–C) groups is 1. The van der Waals surface area contributed by atoms with E-state index < -0.39 is 10.0 Å².